The maximum Gasteiger partial charge on any atom is 0.359 e. The van der Waals surface area contributed by atoms with Gasteiger partial charge in [0.25, 0.3) is 11.5 Å². The van der Waals surface area contributed by atoms with Crippen molar-refractivity contribution in [1.29, 1.82) is 0 Å². The number of H-pyrrole nitrogens is 1. The summed E-state index contributed by atoms with van der Waals surface area (Å²) in [6.07, 6.45) is 1.96. The van der Waals surface area contributed by atoms with E-state index < -0.39 is 5.97 Å². The number of rotatable bonds is 3. The number of aromatic nitrogens is 2. The van der Waals surface area contributed by atoms with Gasteiger partial charge in [-0.25, -0.2) is 9.89 Å². The Hall–Kier alpha value is -2.70. The largest absolute Gasteiger partial charge is 0.451 e. The molecule has 0 saturated carbocycles. The molecule has 114 valence electrons. The Labute approximate surface area is 125 Å². The van der Waals surface area contributed by atoms with Crippen molar-refractivity contribution in [2.75, 3.05) is 19.7 Å². The highest BCUT2D eigenvalue weighted by atomic mass is 16.5. The summed E-state index contributed by atoms with van der Waals surface area (Å²) in [5.41, 5.74) is -0.371. The van der Waals surface area contributed by atoms with E-state index in [-0.39, 0.29) is 23.8 Å². The SMILES string of the molecule is O=C(OCC(=O)N1CCCC1)c1n[nH]c(=O)c2ccccc12. The third kappa shape index (κ3) is 2.69. The van der Waals surface area contributed by atoms with E-state index in [9.17, 15) is 14.4 Å². The zero-order valence-corrected chi connectivity index (χ0v) is 11.9. The Balaban J connectivity index is 1.76. The van der Waals surface area contributed by atoms with Crippen LogP contribution in [-0.4, -0.2) is 46.7 Å². The van der Waals surface area contributed by atoms with Crippen molar-refractivity contribution < 1.29 is 14.3 Å². The minimum atomic E-state index is -0.722. The average Bonchev–Trinajstić information content (AvgIpc) is 3.07. The fraction of sp³-hybridized carbons (Fsp3) is 0.333. The zero-order valence-electron chi connectivity index (χ0n) is 11.9. The summed E-state index contributed by atoms with van der Waals surface area (Å²) in [5, 5.41) is 6.77. The van der Waals surface area contributed by atoms with Crippen molar-refractivity contribution in [3.8, 4) is 0 Å². The molecule has 2 aromatic rings. The van der Waals surface area contributed by atoms with Crippen molar-refractivity contribution in [3.63, 3.8) is 0 Å². The molecule has 1 aromatic carbocycles. The van der Waals surface area contributed by atoms with Gasteiger partial charge in [0.1, 0.15) is 0 Å². The molecule has 0 unspecified atom stereocenters. The molecule has 1 aliphatic rings. The molecule has 7 nitrogen and oxygen atoms in total. The zero-order chi connectivity index (χ0) is 15.5. The predicted octanol–water partition coefficient (Wildman–Crippen LogP) is 0.702. The smallest absolute Gasteiger partial charge is 0.359 e. The maximum absolute atomic E-state index is 12.1. The molecule has 1 amide bonds. The van der Waals surface area contributed by atoms with Gasteiger partial charge in [-0.15, -0.1) is 0 Å². The number of fused-ring (bicyclic) bond motifs is 1. The van der Waals surface area contributed by atoms with Crippen LogP contribution in [0.2, 0.25) is 0 Å². The van der Waals surface area contributed by atoms with E-state index in [4.69, 9.17) is 4.74 Å². The van der Waals surface area contributed by atoms with E-state index in [1.165, 1.54) is 0 Å². The van der Waals surface area contributed by atoms with E-state index in [2.05, 4.69) is 10.2 Å². The molecular weight excluding hydrogens is 286 g/mol. The fourth-order valence-electron chi connectivity index (χ4n) is 2.52. The number of nitrogens with one attached hydrogen (secondary N) is 1. The van der Waals surface area contributed by atoms with Crippen molar-refractivity contribution in [1.82, 2.24) is 15.1 Å². The summed E-state index contributed by atoms with van der Waals surface area (Å²) < 4.78 is 5.04. The Kier molecular flexibility index (Phi) is 3.86. The van der Waals surface area contributed by atoms with Crippen LogP contribution >= 0.6 is 0 Å². The van der Waals surface area contributed by atoms with Crippen LogP contribution in [0.4, 0.5) is 0 Å². The highest BCUT2D eigenvalue weighted by Crippen LogP contribution is 2.13. The third-order valence-electron chi connectivity index (χ3n) is 3.67. The van der Waals surface area contributed by atoms with E-state index in [1.807, 2.05) is 0 Å². The molecule has 3 rings (SSSR count). The molecule has 22 heavy (non-hydrogen) atoms. The molecular formula is C15H15N3O4. The second-order valence-corrected chi connectivity index (χ2v) is 5.11. The second kappa shape index (κ2) is 5.97. The minimum Gasteiger partial charge on any atom is -0.451 e. The Morgan fingerprint density at radius 1 is 1.18 bits per heavy atom. The van der Waals surface area contributed by atoms with Crippen LogP contribution < -0.4 is 5.56 Å². The molecule has 0 spiro atoms. The van der Waals surface area contributed by atoms with E-state index >= 15 is 0 Å². The van der Waals surface area contributed by atoms with E-state index in [0.29, 0.717) is 23.9 Å². The van der Waals surface area contributed by atoms with Gasteiger partial charge in [-0.3, -0.25) is 9.59 Å². The van der Waals surface area contributed by atoms with E-state index in [0.717, 1.165) is 12.8 Å². The molecule has 1 aliphatic heterocycles. The highest BCUT2D eigenvalue weighted by molar-refractivity contribution is 6.02. The van der Waals surface area contributed by atoms with Gasteiger partial charge in [0.2, 0.25) is 0 Å². The van der Waals surface area contributed by atoms with Gasteiger partial charge in [-0.1, -0.05) is 18.2 Å². The fourth-order valence-corrected chi connectivity index (χ4v) is 2.52. The van der Waals surface area contributed by atoms with Crippen LogP contribution in [0, 0.1) is 0 Å². The molecule has 0 radical (unpaired) electrons. The molecule has 2 heterocycles. The first-order chi connectivity index (χ1) is 10.7. The van der Waals surface area contributed by atoms with Gasteiger partial charge in [0.05, 0.1) is 5.39 Å². The van der Waals surface area contributed by atoms with Crippen LogP contribution in [0.15, 0.2) is 29.1 Å². The number of likely N-dealkylation sites (tertiary alicyclic amines) is 1. The lowest BCUT2D eigenvalue weighted by atomic mass is 10.1. The average molecular weight is 301 g/mol. The van der Waals surface area contributed by atoms with Crippen LogP contribution in [0.25, 0.3) is 10.8 Å². The molecule has 0 bridgehead atoms. The molecule has 0 atom stereocenters. The number of ether oxygens (including phenoxy) is 1. The number of benzene rings is 1. The second-order valence-electron chi connectivity index (χ2n) is 5.11. The van der Waals surface area contributed by atoms with Crippen molar-refractivity contribution in [2.24, 2.45) is 0 Å². The quantitative estimate of drug-likeness (QED) is 0.843. The lowest BCUT2D eigenvalue weighted by Crippen LogP contribution is -2.32. The van der Waals surface area contributed by atoms with Gasteiger partial charge in [0.15, 0.2) is 12.3 Å². The standard InChI is InChI=1S/C15H15N3O4/c19-12(18-7-3-4-8-18)9-22-15(21)13-10-5-1-2-6-11(10)14(20)17-16-13/h1-2,5-6H,3-4,7-9H2,(H,17,20). The Bertz CT molecular complexity index is 778. The monoisotopic (exact) mass is 301 g/mol. The lowest BCUT2D eigenvalue weighted by molar-refractivity contribution is -0.133. The van der Waals surface area contributed by atoms with Crippen molar-refractivity contribution in [2.45, 2.75) is 12.8 Å². The van der Waals surface area contributed by atoms with Gasteiger partial charge in [-0.2, -0.15) is 5.10 Å². The lowest BCUT2D eigenvalue weighted by Gasteiger charge is -2.14. The van der Waals surface area contributed by atoms with Crippen LogP contribution in [-0.2, 0) is 9.53 Å². The van der Waals surface area contributed by atoms with Gasteiger partial charge in [0, 0.05) is 18.5 Å². The number of carbonyl (C=O) groups excluding carboxylic acids is 2. The molecule has 1 N–H and O–H groups in total. The van der Waals surface area contributed by atoms with Crippen LogP contribution in [0.5, 0.6) is 0 Å². The van der Waals surface area contributed by atoms with Crippen LogP contribution in [0.3, 0.4) is 0 Å². The number of nitrogens with zero attached hydrogens (tertiary/aromatic N) is 2. The summed E-state index contributed by atoms with van der Waals surface area (Å²) in [5.74, 6) is -0.931. The number of hydrogen-bond donors (Lipinski definition) is 1. The van der Waals surface area contributed by atoms with Gasteiger partial charge >= 0.3 is 5.97 Å². The first-order valence-corrected chi connectivity index (χ1v) is 7.09. The minimum absolute atomic E-state index is 0.00409. The molecule has 0 aliphatic carbocycles. The summed E-state index contributed by atoms with van der Waals surface area (Å²) in [6, 6.07) is 6.62. The van der Waals surface area contributed by atoms with Crippen molar-refractivity contribution >= 4 is 22.6 Å². The predicted molar refractivity (Wildman–Crippen MR) is 78.5 cm³/mol. The molecule has 1 aromatic heterocycles. The number of esters is 1. The highest BCUT2D eigenvalue weighted by Gasteiger charge is 2.21. The molecule has 7 heteroatoms. The molecule has 1 saturated heterocycles. The number of hydrogen-bond acceptors (Lipinski definition) is 5. The normalized spacial score (nSPS) is 14.3. The summed E-state index contributed by atoms with van der Waals surface area (Å²) in [6.45, 7) is 1.10. The van der Waals surface area contributed by atoms with Crippen LogP contribution in [0.1, 0.15) is 23.3 Å². The van der Waals surface area contributed by atoms with Gasteiger partial charge < -0.3 is 9.64 Å². The maximum atomic E-state index is 12.1. The summed E-state index contributed by atoms with van der Waals surface area (Å²) >= 11 is 0. The first kappa shape index (κ1) is 14.2. The summed E-state index contributed by atoms with van der Waals surface area (Å²) in [7, 11) is 0. The number of amides is 1. The number of carbonyl (C=O) groups is 2. The molecule has 1 fully saturated rings. The Morgan fingerprint density at radius 3 is 2.59 bits per heavy atom. The Morgan fingerprint density at radius 2 is 1.86 bits per heavy atom. The van der Waals surface area contributed by atoms with Crippen molar-refractivity contribution in [3.05, 3.63) is 40.3 Å². The number of aromatic amines is 1. The van der Waals surface area contributed by atoms with E-state index in [1.54, 1.807) is 29.2 Å². The third-order valence-corrected chi connectivity index (χ3v) is 3.67. The van der Waals surface area contributed by atoms with Gasteiger partial charge in [-0.05, 0) is 18.9 Å². The first-order valence-electron chi connectivity index (χ1n) is 7.09. The summed E-state index contributed by atoms with van der Waals surface area (Å²) in [4.78, 5) is 37.3. The topological polar surface area (TPSA) is 92.4 Å².